The number of hydrogen-bond donors (Lipinski definition) is 2. The fourth-order valence-electron chi connectivity index (χ4n) is 2.60. The van der Waals surface area contributed by atoms with Crippen LogP contribution in [0, 0.1) is 0 Å². The Morgan fingerprint density at radius 3 is 2.56 bits per heavy atom. The first kappa shape index (κ1) is 18.2. The highest BCUT2D eigenvalue weighted by atomic mass is 16.5. The van der Waals surface area contributed by atoms with Crippen LogP contribution in [0.2, 0.25) is 0 Å². The molecule has 0 atom stereocenters. The second kappa shape index (κ2) is 7.74. The Labute approximate surface area is 156 Å². The molecule has 1 aromatic heterocycles. The number of nitrogens with zero attached hydrogens (tertiary/aromatic N) is 1. The second-order valence-electron chi connectivity index (χ2n) is 5.82. The van der Waals surface area contributed by atoms with Crippen LogP contribution in [0.1, 0.15) is 27.8 Å². The van der Waals surface area contributed by atoms with E-state index in [1.165, 1.54) is 6.92 Å². The molecule has 0 radical (unpaired) electrons. The third-order valence-electron chi connectivity index (χ3n) is 4.03. The molecule has 0 saturated carbocycles. The van der Waals surface area contributed by atoms with Crippen LogP contribution in [-0.4, -0.2) is 36.1 Å². The number of methoxy groups -OCH3 is 2. The average Bonchev–Trinajstić information content (AvgIpc) is 3.17. The first-order chi connectivity index (χ1) is 13.0. The molecule has 138 valence electrons. The van der Waals surface area contributed by atoms with Gasteiger partial charge >= 0.3 is 0 Å². The molecule has 3 aromatic rings. The third kappa shape index (κ3) is 3.98. The molecule has 7 heteroatoms. The first-order valence-electron chi connectivity index (χ1n) is 8.22. The molecule has 1 heterocycles. The van der Waals surface area contributed by atoms with Crippen LogP contribution in [0.5, 0.6) is 11.5 Å². The molecule has 2 N–H and O–H groups in total. The van der Waals surface area contributed by atoms with Gasteiger partial charge < -0.3 is 14.8 Å². The Hall–Kier alpha value is -3.61. The van der Waals surface area contributed by atoms with E-state index in [-0.39, 0.29) is 17.4 Å². The molecular formula is C20H19N3O4. The molecule has 0 saturated heterocycles. The minimum Gasteiger partial charge on any atom is -0.497 e. The summed E-state index contributed by atoms with van der Waals surface area (Å²) < 4.78 is 10.6. The highest BCUT2D eigenvalue weighted by Gasteiger charge is 2.15. The van der Waals surface area contributed by atoms with Crippen LogP contribution in [0.3, 0.4) is 0 Å². The zero-order valence-corrected chi connectivity index (χ0v) is 15.2. The SMILES string of the molecule is COc1ccc(-c2cc(C(=O)Nc3cccc(C(C)=O)c3)[nH]n2)c(OC)c1. The largest absolute Gasteiger partial charge is 0.497 e. The van der Waals surface area contributed by atoms with Gasteiger partial charge in [-0.25, -0.2) is 0 Å². The van der Waals surface area contributed by atoms with E-state index in [1.807, 2.05) is 6.07 Å². The van der Waals surface area contributed by atoms with Gasteiger partial charge in [-0.15, -0.1) is 0 Å². The van der Waals surface area contributed by atoms with Crippen molar-refractivity contribution in [3.63, 3.8) is 0 Å². The monoisotopic (exact) mass is 365 g/mol. The van der Waals surface area contributed by atoms with Crippen molar-refractivity contribution in [1.82, 2.24) is 10.2 Å². The Balaban J connectivity index is 1.82. The van der Waals surface area contributed by atoms with Crippen LogP contribution >= 0.6 is 0 Å². The number of hydrogen-bond acceptors (Lipinski definition) is 5. The molecule has 1 amide bonds. The van der Waals surface area contributed by atoms with Gasteiger partial charge in [0.1, 0.15) is 17.2 Å². The number of H-pyrrole nitrogens is 1. The molecule has 0 aliphatic heterocycles. The van der Waals surface area contributed by atoms with E-state index in [1.54, 1.807) is 56.7 Å². The highest BCUT2D eigenvalue weighted by Crippen LogP contribution is 2.32. The van der Waals surface area contributed by atoms with E-state index in [2.05, 4.69) is 15.5 Å². The Morgan fingerprint density at radius 1 is 1.04 bits per heavy atom. The summed E-state index contributed by atoms with van der Waals surface area (Å²) in [7, 11) is 3.13. The molecule has 0 bridgehead atoms. The summed E-state index contributed by atoms with van der Waals surface area (Å²) in [5, 5.41) is 9.68. The van der Waals surface area contributed by atoms with Crippen molar-refractivity contribution in [3.05, 3.63) is 59.8 Å². The lowest BCUT2D eigenvalue weighted by molar-refractivity contribution is 0.100. The molecule has 0 spiro atoms. The number of ether oxygens (including phenoxy) is 2. The average molecular weight is 365 g/mol. The smallest absolute Gasteiger partial charge is 0.273 e. The predicted octanol–water partition coefficient (Wildman–Crippen LogP) is 3.55. The predicted molar refractivity (Wildman–Crippen MR) is 102 cm³/mol. The lowest BCUT2D eigenvalue weighted by Crippen LogP contribution is -2.12. The van der Waals surface area contributed by atoms with Gasteiger partial charge in [-0.05, 0) is 37.3 Å². The van der Waals surface area contributed by atoms with Gasteiger partial charge in [0.05, 0.1) is 19.9 Å². The van der Waals surface area contributed by atoms with Crippen molar-refractivity contribution in [1.29, 1.82) is 0 Å². The van der Waals surface area contributed by atoms with Crippen LogP contribution in [0.4, 0.5) is 5.69 Å². The number of anilines is 1. The minimum absolute atomic E-state index is 0.0680. The number of aromatic amines is 1. The van der Waals surface area contributed by atoms with Crippen LogP contribution in [0.25, 0.3) is 11.3 Å². The van der Waals surface area contributed by atoms with Crippen molar-refractivity contribution in [2.75, 3.05) is 19.5 Å². The lowest BCUT2D eigenvalue weighted by atomic mass is 10.1. The van der Waals surface area contributed by atoms with Crippen molar-refractivity contribution in [2.45, 2.75) is 6.92 Å². The lowest BCUT2D eigenvalue weighted by Gasteiger charge is -2.08. The summed E-state index contributed by atoms with van der Waals surface area (Å²) in [4.78, 5) is 23.9. The fraction of sp³-hybridized carbons (Fsp3) is 0.150. The van der Waals surface area contributed by atoms with Crippen molar-refractivity contribution in [3.8, 4) is 22.8 Å². The second-order valence-corrected chi connectivity index (χ2v) is 5.82. The van der Waals surface area contributed by atoms with E-state index in [9.17, 15) is 9.59 Å². The number of carbonyl (C=O) groups excluding carboxylic acids is 2. The van der Waals surface area contributed by atoms with Gasteiger partial charge in [-0.3, -0.25) is 14.7 Å². The number of rotatable bonds is 6. The molecule has 27 heavy (non-hydrogen) atoms. The molecule has 2 aromatic carbocycles. The van der Waals surface area contributed by atoms with Crippen molar-refractivity contribution < 1.29 is 19.1 Å². The quantitative estimate of drug-likeness (QED) is 0.652. The maximum atomic E-state index is 12.5. The normalized spacial score (nSPS) is 10.3. The maximum absolute atomic E-state index is 12.5. The van der Waals surface area contributed by atoms with E-state index in [0.717, 1.165) is 5.56 Å². The summed E-state index contributed by atoms with van der Waals surface area (Å²) in [6, 6.07) is 13.7. The van der Waals surface area contributed by atoms with Gasteiger partial charge in [0.25, 0.3) is 5.91 Å². The van der Waals surface area contributed by atoms with Crippen molar-refractivity contribution >= 4 is 17.4 Å². The molecule has 0 unspecified atom stereocenters. The van der Waals surface area contributed by atoms with Gasteiger partial charge in [0.2, 0.25) is 0 Å². The third-order valence-corrected chi connectivity index (χ3v) is 4.03. The van der Waals surface area contributed by atoms with Crippen molar-refractivity contribution in [2.24, 2.45) is 0 Å². The highest BCUT2D eigenvalue weighted by molar-refractivity contribution is 6.04. The number of aromatic nitrogens is 2. The Morgan fingerprint density at radius 2 is 1.85 bits per heavy atom. The number of benzene rings is 2. The zero-order valence-electron chi connectivity index (χ0n) is 15.2. The molecular weight excluding hydrogens is 346 g/mol. The summed E-state index contributed by atoms with van der Waals surface area (Å²) >= 11 is 0. The van der Waals surface area contributed by atoms with Crippen LogP contribution in [0.15, 0.2) is 48.5 Å². The molecule has 0 fully saturated rings. The number of nitrogens with one attached hydrogen (secondary N) is 2. The Bertz CT molecular complexity index is 994. The summed E-state index contributed by atoms with van der Waals surface area (Å²) in [5.41, 5.74) is 2.65. The first-order valence-corrected chi connectivity index (χ1v) is 8.22. The van der Waals surface area contributed by atoms with Gasteiger partial charge in [-0.1, -0.05) is 12.1 Å². The fourth-order valence-corrected chi connectivity index (χ4v) is 2.60. The number of carbonyl (C=O) groups is 2. The van der Waals surface area contributed by atoms with Gasteiger partial charge in [-0.2, -0.15) is 5.10 Å². The summed E-state index contributed by atoms with van der Waals surface area (Å²) in [6.07, 6.45) is 0. The molecule has 0 aliphatic carbocycles. The zero-order chi connectivity index (χ0) is 19.4. The van der Waals surface area contributed by atoms with Gasteiger partial charge in [0.15, 0.2) is 5.78 Å². The van der Waals surface area contributed by atoms with E-state index < -0.39 is 0 Å². The topological polar surface area (TPSA) is 93.3 Å². The van der Waals surface area contributed by atoms with E-state index >= 15 is 0 Å². The number of ketones is 1. The van der Waals surface area contributed by atoms with E-state index in [4.69, 9.17) is 9.47 Å². The number of amides is 1. The van der Waals surface area contributed by atoms with E-state index in [0.29, 0.717) is 28.4 Å². The summed E-state index contributed by atoms with van der Waals surface area (Å²) in [5.74, 6) is 0.819. The van der Waals surface area contributed by atoms with Crippen LogP contribution in [-0.2, 0) is 0 Å². The summed E-state index contributed by atoms with van der Waals surface area (Å²) in [6.45, 7) is 1.48. The van der Waals surface area contributed by atoms with Crippen LogP contribution < -0.4 is 14.8 Å². The van der Waals surface area contributed by atoms with Gasteiger partial charge in [0, 0.05) is 22.9 Å². The molecule has 7 nitrogen and oxygen atoms in total. The number of Topliss-reactive ketones (excluding diaryl/α,β-unsaturated/α-hetero) is 1. The Kier molecular flexibility index (Phi) is 5.21. The maximum Gasteiger partial charge on any atom is 0.273 e. The molecule has 3 rings (SSSR count). The molecule has 0 aliphatic rings. The minimum atomic E-state index is -0.359. The standard InChI is InChI=1S/C20H19N3O4/c1-12(24)13-5-4-6-14(9-13)21-20(25)18-11-17(22-23-18)16-8-7-15(26-2)10-19(16)27-3/h4-11H,1-3H3,(H,21,25)(H,22,23).